The highest BCUT2D eigenvalue weighted by Gasteiger charge is 2.37. The minimum atomic E-state index is 0.148. The number of anilines is 1. The molecule has 5 nitrogen and oxygen atoms in total. The van der Waals surface area contributed by atoms with Crippen LogP contribution in [0.3, 0.4) is 0 Å². The standard InChI is InChI=1S/C24H30N4O/c1-4-10-24(3,22-16-29-21-6-5-12-27-23(21)28-22)11-9-17(2)18-7-8-19-20(15-18)26-14-13-25-19/h5-8,12-15,17,22H,4,9-11,16H2,1-3H3,(H,27,28). The average molecular weight is 391 g/mol. The fourth-order valence-corrected chi connectivity index (χ4v) is 4.41. The number of pyridine rings is 1. The molecule has 1 N–H and O–H groups in total. The van der Waals surface area contributed by atoms with Gasteiger partial charge in [-0.3, -0.25) is 9.97 Å². The van der Waals surface area contributed by atoms with Crippen LogP contribution in [-0.4, -0.2) is 27.6 Å². The predicted molar refractivity (Wildman–Crippen MR) is 117 cm³/mol. The van der Waals surface area contributed by atoms with E-state index in [-0.39, 0.29) is 11.5 Å². The van der Waals surface area contributed by atoms with Gasteiger partial charge in [-0.2, -0.15) is 0 Å². The lowest BCUT2D eigenvalue weighted by Gasteiger charge is -2.41. The van der Waals surface area contributed by atoms with Gasteiger partial charge in [0.15, 0.2) is 11.6 Å². The zero-order valence-corrected chi connectivity index (χ0v) is 17.6. The molecule has 0 saturated carbocycles. The number of hydrogen-bond acceptors (Lipinski definition) is 5. The number of nitrogens with one attached hydrogen (secondary N) is 1. The van der Waals surface area contributed by atoms with Crippen molar-refractivity contribution in [3.05, 3.63) is 54.5 Å². The van der Waals surface area contributed by atoms with Crippen LogP contribution in [-0.2, 0) is 0 Å². The SMILES string of the molecule is CCCC(C)(CCC(C)c1ccc2nccnc2c1)C1COc2cccnc2N1. The molecule has 0 radical (unpaired) electrons. The van der Waals surface area contributed by atoms with Gasteiger partial charge in [-0.15, -0.1) is 0 Å². The summed E-state index contributed by atoms with van der Waals surface area (Å²) in [6, 6.07) is 10.6. The van der Waals surface area contributed by atoms with Crippen molar-refractivity contribution in [3.8, 4) is 5.75 Å². The van der Waals surface area contributed by atoms with Crippen LogP contribution >= 0.6 is 0 Å². The molecule has 2 aromatic heterocycles. The van der Waals surface area contributed by atoms with Crippen molar-refractivity contribution in [1.82, 2.24) is 15.0 Å². The van der Waals surface area contributed by atoms with E-state index in [1.165, 1.54) is 5.56 Å². The summed E-state index contributed by atoms with van der Waals surface area (Å²) in [6.45, 7) is 7.66. The third kappa shape index (κ3) is 4.19. The summed E-state index contributed by atoms with van der Waals surface area (Å²) in [5, 5.41) is 3.66. The Bertz CT molecular complexity index is 976. The Morgan fingerprint density at radius 1 is 1.10 bits per heavy atom. The number of hydrogen-bond donors (Lipinski definition) is 1. The van der Waals surface area contributed by atoms with E-state index in [0.717, 1.165) is 48.3 Å². The summed E-state index contributed by atoms with van der Waals surface area (Å²) in [5.74, 6) is 2.19. The maximum atomic E-state index is 6.03. The average Bonchev–Trinajstić information content (AvgIpc) is 2.77. The van der Waals surface area contributed by atoms with Gasteiger partial charge in [0.2, 0.25) is 0 Å². The van der Waals surface area contributed by atoms with Crippen LogP contribution in [0.4, 0.5) is 5.82 Å². The number of ether oxygens (including phenoxy) is 1. The number of benzene rings is 1. The number of fused-ring (bicyclic) bond motifs is 2. The van der Waals surface area contributed by atoms with E-state index in [0.29, 0.717) is 12.5 Å². The quantitative estimate of drug-likeness (QED) is 0.570. The van der Waals surface area contributed by atoms with Gasteiger partial charge in [-0.05, 0) is 60.4 Å². The molecule has 0 amide bonds. The summed E-state index contributed by atoms with van der Waals surface area (Å²) < 4.78 is 6.03. The maximum absolute atomic E-state index is 6.03. The van der Waals surface area contributed by atoms with E-state index in [1.54, 1.807) is 12.4 Å². The Morgan fingerprint density at radius 3 is 2.76 bits per heavy atom. The monoisotopic (exact) mass is 390 g/mol. The smallest absolute Gasteiger partial charge is 0.169 e. The molecule has 1 aliphatic heterocycles. The molecule has 0 fully saturated rings. The first-order valence-electron chi connectivity index (χ1n) is 10.6. The van der Waals surface area contributed by atoms with Gasteiger partial charge in [0.1, 0.15) is 6.61 Å². The van der Waals surface area contributed by atoms with E-state index in [2.05, 4.69) is 59.2 Å². The molecule has 152 valence electrons. The highest BCUT2D eigenvalue weighted by molar-refractivity contribution is 5.74. The summed E-state index contributed by atoms with van der Waals surface area (Å²) in [5.41, 5.74) is 3.40. The number of aromatic nitrogens is 3. The van der Waals surface area contributed by atoms with Gasteiger partial charge < -0.3 is 10.1 Å². The largest absolute Gasteiger partial charge is 0.488 e. The van der Waals surface area contributed by atoms with Crippen molar-refractivity contribution in [2.24, 2.45) is 5.41 Å². The van der Waals surface area contributed by atoms with Crippen molar-refractivity contribution in [3.63, 3.8) is 0 Å². The fraction of sp³-hybridized carbons (Fsp3) is 0.458. The Labute approximate surface area is 173 Å². The van der Waals surface area contributed by atoms with Crippen molar-refractivity contribution in [1.29, 1.82) is 0 Å². The van der Waals surface area contributed by atoms with E-state index < -0.39 is 0 Å². The zero-order chi connectivity index (χ0) is 20.3. The van der Waals surface area contributed by atoms with Crippen LogP contribution in [0, 0.1) is 5.41 Å². The molecule has 0 spiro atoms. The van der Waals surface area contributed by atoms with Gasteiger partial charge in [-0.1, -0.05) is 33.3 Å². The zero-order valence-electron chi connectivity index (χ0n) is 17.6. The second kappa shape index (κ2) is 8.36. The Hall–Kier alpha value is -2.69. The topological polar surface area (TPSA) is 59.9 Å². The fourth-order valence-electron chi connectivity index (χ4n) is 4.41. The van der Waals surface area contributed by atoms with Crippen LogP contribution in [0.25, 0.3) is 11.0 Å². The van der Waals surface area contributed by atoms with Gasteiger partial charge in [-0.25, -0.2) is 4.98 Å². The molecule has 3 aromatic rings. The van der Waals surface area contributed by atoms with Crippen molar-refractivity contribution in [2.45, 2.75) is 58.4 Å². The highest BCUT2D eigenvalue weighted by atomic mass is 16.5. The van der Waals surface area contributed by atoms with Gasteiger partial charge in [0.05, 0.1) is 17.1 Å². The third-order valence-electron chi connectivity index (χ3n) is 6.36. The molecular formula is C24H30N4O. The molecule has 1 aliphatic rings. The van der Waals surface area contributed by atoms with Gasteiger partial charge in [0.25, 0.3) is 0 Å². The van der Waals surface area contributed by atoms with E-state index >= 15 is 0 Å². The summed E-state index contributed by atoms with van der Waals surface area (Å²) in [6.07, 6.45) is 9.89. The molecule has 0 bridgehead atoms. The summed E-state index contributed by atoms with van der Waals surface area (Å²) in [4.78, 5) is 13.3. The van der Waals surface area contributed by atoms with Crippen LogP contribution in [0.2, 0.25) is 0 Å². The molecule has 4 rings (SSSR count). The normalized spacial score (nSPS) is 18.9. The lowest BCUT2D eigenvalue weighted by Crippen LogP contribution is -2.45. The van der Waals surface area contributed by atoms with Crippen LogP contribution in [0.15, 0.2) is 48.9 Å². The lowest BCUT2D eigenvalue weighted by atomic mass is 9.73. The molecule has 3 unspecified atom stereocenters. The number of rotatable bonds is 7. The first kappa shape index (κ1) is 19.6. The first-order valence-corrected chi connectivity index (χ1v) is 10.6. The summed E-state index contributed by atoms with van der Waals surface area (Å²) in [7, 11) is 0. The lowest BCUT2D eigenvalue weighted by molar-refractivity contribution is 0.148. The molecule has 29 heavy (non-hydrogen) atoms. The van der Waals surface area contributed by atoms with E-state index in [1.807, 2.05) is 18.3 Å². The third-order valence-corrected chi connectivity index (χ3v) is 6.36. The minimum absolute atomic E-state index is 0.148. The van der Waals surface area contributed by atoms with Crippen molar-refractivity contribution in [2.75, 3.05) is 11.9 Å². The molecule has 5 heteroatoms. The second-order valence-electron chi connectivity index (χ2n) is 8.51. The van der Waals surface area contributed by atoms with Crippen molar-refractivity contribution < 1.29 is 4.74 Å². The second-order valence-corrected chi connectivity index (χ2v) is 8.51. The first-order chi connectivity index (χ1) is 14.1. The molecule has 0 aliphatic carbocycles. The summed E-state index contributed by atoms with van der Waals surface area (Å²) >= 11 is 0. The van der Waals surface area contributed by atoms with Crippen LogP contribution in [0.1, 0.15) is 57.9 Å². The molecule has 1 aromatic carbocycles. The number of nitrogens with zero attached hydrogens (tertiary/aromatic N) is 3. The van der Waals surface area contributed by atoms with E-state index in [4.69, 9.17) is 4.74 Å². The predicted octanol–water partition coefficient (Wildman–Crippen LogP) is 5.59. The Morgan fingerprint density at radius 2 is 1.93 bits per heavy atom. The molecule has 3 atom stereocenters. The van der Waals surface area contributed by atoms with Gasteiger partial charge in [0, 0.05) is 18.6 Å². The van der Waals surface area contributed by atoms with Gasteiger partial charge >= 0.3 is 0 Å². The van der Waals surface area contributed by atoms with Crippen LogP contribution in [0.5, 0.6) is 5.75 Å². The van der Waals surface area contributed by atoms with Crippen molar-refractivity contribution >= 4 is 16.9 Å². The molecule has 0 saturated heterocycles. The highest BCUT2D eigenvalue weighted by Crippen LogP contribution is 2.40. The van der Waals surface area contributed by atoms with Crippen LogP contribution < -0.4 is 10.1 Å². The molecular weight excluding hydrogens is 360 g/mol. The minimum Gasteiger partial charge on any atom is -0.488 e. The molecule has 3 heterocycles. The maximum Gasteiger partial charge on any atom is 0.169 e. The Kier molecular flexibility index (Phi) is 5.65. The Balaban J connectivity index is 1.47. The van der Waals surface area contributed by atoms with E-state index in [9.17, 15) is 0 Å².